The lowest BCUT2D eigenvalue weighted by Crippen LogP contribution is -2.09. The van der Waals surface area contributed by atoms with Gasteiger partial charge in [0.25, 0.3) is 0 Å². The number of hydrogen-bond acceptors (Lipinski definition) is 4. The van der Waals surface area contributed by atoms with Crippen LogP contribution in [0.3, 0.4) is 0 Å². The van der Waals surface area contributed by atoms with Crippen LogP contribution in [0.4, 0.5) is 5.82 Å². The van der Waals surface area contributed by atoms with Crippen LogP contribution in [-0.4, -0.2) is 25.7 Å². The molecule has 5 heteroatoms. The molecule has 0 saturated heterocycles. The van der Waals surface area contributed by atoms with E-state index in [0.717, 1.165) is 29.7 Å². The molecule has 0 aliphatic heterocycles. The molecule has 142 valence electrons. The molecule has 2 heterocycles. The van der Waals surface area contributed by atoms with E-state index in [1.54, 1.807) is 6.33 Å². The van der Waals surface area contributed by atoms with Gasteiger partial charge in [-0.05, 0) is 41.2 Å². The Hall–Kier alpha value is -2.92. The van der Waals surface area contributed by atoms with Crippen LogP contribution in [0, 0.1) is 5.92 Å². The molecule has 3 atom stereocenters. The van der Waals surface area contributed by atoms with Crippen molar-refractivity contribution in [3.05, 3.63) is 66.6 Å². The Morgan fingerprint density at radius 3 is 2.75 bits per heavy atom. The summed E-state index contributed by atoms with van der Waals surface area (Å²) in [6.45, 7) is 2.82. The fraction of sp³-hybridized carbons (Fsp3) is 0.304. The molecule has 0 radical (unpaired) electrons. The molecule has 5 rings (SSSR count). The van der Waals surface area contributed by atoms with Crippen LogP contribution >= 0.6 is 0 Å². The van der Waals surface area contributed by atoms with E-state index in [1.807, 2.05) is 0 Å². The van der Waals surface area contributed by atoms with Gasteiger partial charge in [-0.3, -0.25) is 0 Å². The number of aromatic nitrogens is 3. The molecule has 2 aromatic carbocycles. The van der Waals surface area contributed by atoms with Gasteiger partial charge in [0.05, 0.1) is 11.5 Å². The normalized spacial score (nSPS) is 22.1. The van der Waals surface area contributed by atoms with E-state index in [1.165, 1.54) is 16.3 Å². The first-order valence-corrected chi connectivity index (χ1v) is 9.91. The molecule has 4 aromatic rings. The number of fused-ring (bicyclic) bond motifs is 2. The van der Waals surface area contributed by atoms with Crippen molar-refractivity contribution in [1.82, 2.24) is 14.5 Å². The molecule has 1 aliphatic rings. The third-order valence-corrected chi connectivity index (χ3v) is 6.04. The standard InChI is InChI=1S/C23H24N4O/c1-15-11-18(12-21(15)28)27-10-9-20-22(25-14-26-23(20)27)24-13-17-7-4-6-16-5-2-3-8-19(16)17/h2-10,14-15,18,21,28H,11-13H2,1H3,(H,24,25,26)/t15-,18+,21-/m0/s1. The first-order valence-electron chi connectivity index (χ1n) is 9.91. The maximum absolute atomic E-state index is 10.1. The van der Waals surface area contributed by atoms with E-state index in [9.17, 15) is 5.11 Å². The van der Waals surface area contributed by atoms with Gasteiger partial charge in [-0.2, -0.15) is 0 Å². The number of hydrogen-bond donors (Lipinski definition) is 2. The van der Waals surface area contributed by atoms with Crippen molar-refractivity contribution in [1.29, 1.82) is 0 Å². The predicted octanol–water partition coefficient (Wildman–Crippen LogP) is 4.53. The zero-order chi connectivity index (χ0) is 19.1. The summed E-state index contributed by atoms with van der Waals surface area (Å²) in [4.78, 5) is 9.02. The van der Waals surface area contributed by atoms with Crippen LogP contribution in [0.5, 0.6) is 0 Å². The highest BCUT2D eigenvalue weighted by Crippen LogP contribution is 2.37. The maximum atomic E-state index is 10.1. The molecule has 1 aliphatic carbocycles. The first kappa shape index (κ1) is 17.2. The third kappa shape index (κ3) is 2.92. The summed E-state index contributed by atoms with van der Waals surface area (Å²) in [5.41, 5.74) is 2.18. The van der Waals surface area contributed by atoms with Crippen molar-refractivity contribution in [3.63, 3.8) is 0 Å². The molecule has 5 nitrogen and oxygen atoms in total. The molecule has 0 amide bonds. The summed E-state index contributed by atoms with van der Waals surface area (Å²) in [6.07, 6.45) is 5.24. The third-order valence-electron chi connectivity index (χ3n) is 6.04. The van der Waals surface area contributed by atoms with E-state index in [-0.39, 0.29) is 6.10 Å². The van der Waals surface area contributed by atoms with Crippen LogP contribution in [0.2, 0.25) is 0 Å². The number of nitrogens with one attached hydrogen (secondary N) is 1. The molecule has 28 heavy (non-hydrogen) atoms. The van der Waals surface area contributed by atoms with Gasteiger partial charge in [-0.1, -0.05) is 49.4 Å². The van der Waals surface area contributed by atoms with Crippen LogP contribution in [-0.2, 0) is 6.54 Å². The largest absolute Gasteiger partial charge is 0.393 e. The highest BCUT2D eigenvalue weighted by atomic mass is 16.3. The number of rotatable bonds is 4. The average Bonchev–Trinajstić information content (AvgIpc) is 3.30. The second-order valence-electron chi connectivity index (χ2n) is 7.84. The van der Waals surface area contributed by atoms with Gasteiger partial charge in [-0.15, -0.1) is 0 Å². The monoisotopic (exact) mass is 372 g/mol. The lowest BCUT2D eigenvalue weighted by atomic mass is 10.0. The SMILES string of the molecule is C[C@H]1C[C@@H](n2ccc3c(NCc4cccc5ccccc45)ncnc32)C[C@@H]1O. The lowest BCUT2D eigenvalue weighted by Gasteiger charge is -2.14. The average molecular weight is 372 g/mol. The van der Waals surface area contributed by atoms with Gasteiger partial charge >= 0.3 is 0 Å². The number of nitrogens with zero attached hydrogens (tertiary/aromatic N) is 3. The molecular weight excluding hydrogens is 348 g/mol. The van der Waals surface area contributed by atoms with Crippen LogP contribution in [0.1, 0.15) is 31.4 Å². The maximum Gasteiger partial charge on any atom is 0.145 e. The van der Waals surface area contributed by atoms with E-state index in [0.29, 0.717) is 18.5 Å². The van der Waals surface area contributed by atoms with E-state index < -0.39 is 0 Å². The Morgan fingerprint density at radius 2 is 1.89 bits per heavy atom. The number of anilines is 1. The van der Waals surface area contributed by atoms with Gasteiger partial charge < -0.3 is 15.0 Å². The molecule has 0 bridgehead atoms. The quantitative estimate of drug-likeness (QED) is 0.552. The molecule has 1 fully saturated rings. The Bertz CT molecular complexity index is 1120. The number of aliphatic hydroxyl groups is 1. The summed E-state index contributed by atoms with van der Waals surface area (Å²) in [7, 11) is 0. The molecule has 2 aromatic heterocycles. The lowest BCUT2D eigenvalue weighted by molar-refractivity contribution is 0.139. The van der Waals surface area contributed by atoms with Gasteiger partial charge in [-0.25, -0.2) is 9.97 Å². The summed E-state index contributed by atoms with van der Waals surface area (Å²) < 4.78 is 2.20. The minimum absolute atomic E-state index is 0.228. The van der Waals surface area contributed by atoms with Gasteiger partial charge in [0.15, 0.2) is 0 Å². The van der Waals surface area contributed by atoms with Crippen molar-refractivity contribution in [3.8, 4) is 0 Å². The molecule has 0 spiro atoms. The van der Waals surface area contributed by atoms with Crippen LogP contribution < -0.4 is 5.32 Å². The summed E-state index contributed by atoms with van der Waals surface area (Å²) >= 11 is 0. The second kappa shape index (κ2) is 6.91. The van der Waals surface area contributed by atoms with Crippen molar-refractivity contribution >= 4 is 27.6 Å². The van der Waals surface area contributed by atoms with Gasteiger partial charge in [0.1, 0.15) is 17.8 Å². The highest BCUT2D eigenvalue weighted by molar-refractivity contribution is 5.88. The van der Waals surface area contributed by atoms with E-state index in [4.69, 9.17) is 0 Å². The van der Waals surface area contributed by atoms with Gasteiger partial charge in [0, 0.05) is 18.8 Å². The molecule has 1 saturated carbocycles. The fourth-order valence-electron chi connectivity index (χ4n) is 4.45. The first-order chi connectivity index (χ1) is 13.7. The minimum atomic E-state index is -0.228. The van der Waals surface area contributed by atoms with Crippen molar-refractivity contribution < 1.29 is 5.11 Å². The van der Waals surface area contributed by atoms with E-state index >= 15 is 0 Å². The predicted molar refractivity (Wildman–Crippen MR) is 112 cm³/mol. The Morgan fingerprint density at radius 1 is 1.04 bits per heavy atom. The topological polar surface area (TPSA) is 63.0 Å². The zero-order valence-corrected chi connectivity index (χ0v) is 15.9. The van der Waals surface area contributed by atoms with Gasteiger partial charge in [0.2, 0.25) is 0 Å². The Balaban J connectivity index is 1.44. The van der Waals surface area contributed by atoms with Crippen molar-refractivity contribution in [2.45, 2.75) is 38.5 Å². The molecule has 2 N–H and O–H groups in total. The van der Waals surface area contributed by atoms with Crippen LogP contribution in [0.15, 0.2) is 61.1 Å². The fourth-order valence-corrected chi connectivity index (χ4v) is 4.45. The second-order valence-corrected chi connectivity index (χ2v) is 7.84. The smallest absolute Gasteiger partial charge is 0.145 e. The Kier molecular flexibility index (Phi) is 4.24. The molecule has 0 unspecified atom stereocenters. The minimum Gasteiger partial charge on any atom is -0.393 e. The molecular formula is C23H24N4O. The number of benzene rings is 2. The highest BCUT2D eigenvalue weighted by Gasteiger charge is 2.31. The van der Waals surface area contributed by atoms with Crippen molar-refractivity contribution in [2.75, 3.05) is 5.32 Å². The Labute approximate surface area is 164 Å². The van der Waals surface area contributed by atoms with E-state index in [2.05, 4.69) is 81.5 Å². The number of aliphatic hydroxyl groups excluding tert-OH is 1. The summed E-state index contributed by atoms with van der Waals surface area (Å²) in [6, 6.07) is 17.2. The summed E-state index contributed by atoms with van der Waals surface area (Å²) in [5.74, 6) is 1.18. The zero-order valence-electron chi connectivity index (χ0n) is 15.9. The van der Waals surface area contributed by atoms with Crippen LogP contribution in [0.25, 0.3) is 21.8 Å². The van der Waals surface area contributed by atoms with Crippen molar-refractivity contribution in [2.24, 2.45) is 5.92 Å². The summed E-state index contributed by atoms with van der Waals surface area (Å²) in [5, 5.41) is 17.2.